The lowest BCUT2D eigenvalue weighted by Crippen LogP contribution is -2.46. The zero-order valence-corrected chi connectivity index (χ0v) is 11.4. The highest BCUT2D eigenvalue weighted by Gasteiger charge is 2.32. The molecule has 4 nitrogen and oxygen atoms in total. The molecule has 0 spiro atoms. The van der Waals surface area contributed by atoms with Crippen molar-refractivity contribution in [3.05, 3.63) is 22.9 Å². The van der Waals surface area contributed by atoms with Gasteiger partial charge in [-0.15, -0.1) is 0 Å². The number of nitrogens with zero attached hydrogens (tertiary/aromatic N) is 2. The molecular formula is C15H20N2O2. The van der Waals surface area contributed by atoms with E-state index in [1.807, 2.05) is 0 Å². The van der Waals surface area contributed by atoms with Gasteiger partial charge in [-0.05, 0) is 32.7 Å². The topological polar surface area (TPSA) is 40.6 Å². The third kappa shape index (κ3) is 2.25. The van der Waals surface area contributed by atoms with E-state index in [0.717, 1.165) is 63.0 Å². The van der Waals surface area contributed by atoms with Crippen molar-refractivity contribution in [3.8, 4) is 0 Å². The fourth-order valence-corrected chi connectivity index (χ4v) is 3.14. The van der Waals surface area contributed by atoms with Gasteiger partial charge in [0.05, 0.1) is 5.70 Å². The Balaban J connectivity index is 1.84. The zero-order chi connectivity index (χ0) is 13.4. The molecule has 3 rings (SSSR count). The predicted molar refractivity (Wildman–Crippen MR) is 72.7 cm³/mol. The van der Waals surface area contributed by atoms with E-state index < -0.39 is 0 Å². The number of carbonyl (C=O) groups excluding carboxylic acids is 2. The molecule has 0 amide bonds. The minimum Gasteiger partial charge on any atom is -0.366 e. The summed E-state index contributed by atoms with van der Waals surface area (Å²) in [6, 6.07) is 0. The first-order valence-corrected chi connectivity index (χ1v) is 7.13. The minimum atomic E-state index is 0.0724. The van der Waals surface area contributed by atoms with Crippen LogP contribution < -0.4 is 0 Å². The first-order chi connectivity index (χ1) is 9.16. The van der Waals surface area contributed by atoms with Crippen LogP contribution in [0.5, 0.6) is 0 Å². The lowest BCUT2D eigenvalue weighted by atomic mass is 9.82. The van der Waals surface area contributed by atoms with Crippen LogP contribution in [0, 0.1) is 0 Å². The summed E-state index contributed by atoms with van der Waals surface area (Å²) in [5, 5.41) is 0. The first-order valence-electron chi connectivity index (χ1n) is 7.13. The molecule has 0 radical (unpaired) electrons. The number of piperazine rings is 1. The SMILES string of the molecule is CN1CCN(C2=CC(=O)C3=C(CCCC3)C2=O)CC1. The summed E-state index contributed by atoms with van der Waals surface area (Å²) in [5.41, 5.74) is 2.22. The fraction of sp³-hybridized carbons (Fsp3) is 0.600. The van der Waals surface area contributed by atoms with Gasteiger partial charge in [0.1, 0.15) is 0 Å². The second-order valence-electron chi connectivity index (χ2n) is 5.68. The van der Waals surface area contributed by atoms with E-state index >= 15 is 0 Å². The largest absolute Gasteiger partial charge is 0.366 e. The normalized spacial score (nSPS) is 25.5. The maximum absolute atomic E-state index is 12.6. The Hall–Kier alpha value is -1.42. The predicted octanol–water partition coefficient (Wildman–Crippen LogP) is 1.14. The molecule has 19 heavy (non-hydrogen) atoms. The highest BCUT2D eigenvalue weighted by atomic mass is 16.1. The van der Waals surface area contributed by atoms with Gasteiger partial charge >= 0.3 is 0 Å². The minimum absolute atomic E-state index is 0.0724. The van der Waals surface area contributed by atoms with Crippen molar-refractivity contribution in [2.75, 3.05) is 33.2 Å². The van der Waals surface area contributed by atoms with Gasteiger partial charge in [0.25, 0.3) is 0 Å². The van der Waals surface area contributed by atoms with Gasteiger partial charge in [-0.3, -0.25) is 9.59 Å². The molecule has 0 aromatic heterocycles. The Labute approximate surface area is 113 Å². The Morgan fingerprint density at radius 2 is 1.58 bits per heavy atom. The summed E-state index contributed by atoms with van der Waals surface area (Å²) in [7, 11) is 2.08. The molecule has 102 valence electrons. The molecule has 0 atom stereocenters. The summed E-state index contributed by atoms with van der Waals surface area (Å²) in [6.07, 6.45) is 5.22. The van der Waals surface area contributed by atoms with Crippen LogP contribution in [0.15, 0.2) is 22.9 Å². The average Bonchev–Trinajstić information content (AvgIpc) is 2.44. The molecule has 1 saturated heterocycles. The second kappa shape index (κ2) is 4.93. The van der Waals surface area contributed by atoms with E-state index in [0.29, 0.717) is 5.70 Å². The van der Waals surface area contributed by atoms with Gasteiger partial charge in [-0.2, -0.15) is 0 Å². The monoisotopic (exact) mass is 260 g/mol. The van der Waals surface area contributed by atoms with E-state index in [9.17, 15) is 9.59 Å². The number of likely N-dealkylation sites (N-methyl/N-ethyl adjacent to an activating group) is 1. The van der Waals surface area contributed by atoms with Crippen LogP contribution in [0.2, 0.25) is 0 Å². The molecule has 4 heteroatoms. The van der Waals surface area contributed by atoms with Crippen LogP contribution in [0.3, 0.4) is 0 Å². The van der Waals surface area contributed by atoms with Crippen molar-refractivity contribution in [1.29, 1.82) is 0 Å². The first kappa shape index (κ1) is 12.6. The molecule has 0 aromatic rings. The number of allylic oxidation sites excluding steroid dienone is 3. The number of ketones is 2. The van der Waals surface area contributed by atoms with Crippen LogP contribution in [0.4, 0.5) is 0 Å². The van der Waals surface area contributed by atoms with Crippen LogP contribution in [0.25, 0.3) is 0 Å². The van der Waals surface area contributed by atoms with Gasteiger partial charge < -0.3 is 9.80 Å². The van der Waals surface area contributed by atoms with E-state index in [2.05, 4.69) is 16.8 Å². The lowest BCUT2D eigenvalue weighted by molar-refractivity contribution is -0.117. The highest BCUT2D eigenvalue weighted by molar-refractivity contribution is 6.22. The van der Waals surface area contributed by atoms with E-state index in [1.54, 1.807) is 6.08 Å². The molecule has 3 aliphatic rings. The van der Waals surface area contributed by atoms with E-state index in [-0.39, 0.29) is 11.6 Å². The van der Waals surface area contributed by atoms with Gasteiger partial charge in [0.2, 0.25) is 5.78 Å². The van der Waals surface area contributed by atoms with Crippen molar-refractivity contribution in [1.82, 2.24) is 9.80 Å². The molecular weight excluding hydrogens is 240 g/mol. The summed E-state index contributed by atoms with van der Waals surface area (Å²) in [6.45, 7) is 3.57. The summed E-state index contributed by atoms with van der Waals surface area (Å²) in [5.74, 6) is 0.182. The van der Waals surface area contributed by atoms with Crippen LogP contribution in [-0.4, -0.2) is 54.6 Å². The number of carbonyl (C=O) groups is 2. The molecule has 1 fully saturated rings. The van der Waals surface area contributed by atoms with Gasteiger partial charge in [0, 0.05) is 43.4 Å². The Kier molecular flexibility index (Phi) is 3.27. The van der Waals surface area contributed by atoms with Crippen LogP contribution in [-0.2, 0) is 9.59 Å². The third-order valence-corrected chi connectivity index (χ3v) is 4.38. The number of rotatable bonds is 1. The van der Waals surface area contributed by atoms with Gasteiger partial charge in [-0.1, -0.05) is 0 Å². The fourth-order valence-electron chi connectivity index (χ4n) is 3.14. The molecule has 0 N–H and O–H groups in total. The zero-order valence-electron chi connectivity index (χ0n) is 11.4. The van der Waals surface area contributed by atoms with Crippen molar-refractivity contribution in [3.63, 3.8) is 0 Å². The Morgan fingerprint density at radius 3 is 2.26 bits per heavy atom. The number of hydrogen-bond donors (Lipinski definition) is 0. The summed E-state index contributed by atoms with van der Waals surface area (Å²) >= 11 is 0. The summed E-state index contributed by atoms with van der Waals surface area (Å²) in [4.78, 5) is 29.0. The molecule has 2 aliphatic carbocycles. The molecule has 0 bridgehead atoms. The van der Waals surface area contributed by atoms with Crippen LogP contribution in [0.1, 0.15) is 25.7 Å². The highest BCUT2D eigenvalue weighted by Crippen LogP contribution is 2.32. The maximum atomic E-state index is 12.6. The maximum Gasteiger partial charge on any atom is 0.205 e. The van der Waals surface area contributed by atoms with Crippen molar-refractivity contribution >= 4 is 11.6 Å². The quantitative estimate of drug-likeness (QED) is 0.663. The third-order valence-electron chi connectivity index (χ3n) is 4.38. The van der Waals surface area contributed by atoms with Crippen molar-refractivity contribution in [2.24, 2.45) is 0 Å². The Bertz CT molecular complexity index is 482. The average molecular weight is 260 g/mol. The lowest BCUT2D eigenvalue weighted by Gasteiger charge is -2.36. The molecule has 0 aromatic carbocycles. The molecule has 1 aliphatic heterocycles. The number of hydrogen-bond acceptors (Lipinski definition) is 4. The van der Waals surface area contributed by atoms with Gasteiger partial charge in [0.15, 0.2) is 5.78 Å². The second-order valence-corrected chi connectivity index (χ2v) is 5.68. The van der Waals surface area contributed by atoms with E-state index in [1.165, 1.54) is 0 Å². The molecule has 0 unspecified atom stereocenters. The van der Waals surface area contributed by atoms with Crippen molar-refractivity contribution in [2.45, 2.75) is 25.7 Å². The van der Waals surface area contributed by atoms with E-state index in [4.69, 9.17) is 0 Å². The number of Topliss-reactive ketones (excluding diaryl/α,β-unsaturated/α-hetero) is 1. The smallest absolute Gasteiger partial charge is 0.205 e. The standard InChI is InChI=1S/C15H20N2O2/c1-16-6-8-17(9-7-16)13-10-14(18)11-4-2-3-5-12(11)15(13)19/h10H,2-9H2,1H3. The van der Waals surface area contributed by atoms with Crippen molar-refractivity contribution < 1.29 is 9.59 Å². The summed E-state index contributed by atoms with van der Waals surface area (Å²) < 4.78 is 0. The van der Waals surface area contributed by atoms with Gasteiger partial charge in [-0.25, -0.2) is 0 Å². The van der Waals surface area contributed by atoms with Crippen LogP contribution >= 0.6 is 0 Å². The molecule has 1 heterocycles. The Morgan fingerprint density at radius 1 is 0.947 bits per heavy atom. The molecule has 0 saturated carbocycles.